The molecule has 0 radical (unpaired) electrons. The molecule has 1 fully saturated rings. The first-order valence-corrected chi connectivity index (χ1v) is 2.58. The van der Waals surface area contributed by atoms with E-state index in [0.29, 0.717) is 0 Å². The van der Waals surface area contributed by atoms with Crippen molar-refractivity contribution in [2.45, 2.75) is 6.04 Å². The van der Waals surface area contributed by atoms with Gasteiger partial charge < -0.3 is 5.11 Å². The fraction of sp³-hybridized carbons (Fsp3) is 0.250. The van der Waals surface area contributed by atoms with Gasteiger partial charge in [-0.3, -0.25) is 0 Å². The quantitative estimate of drug-likeness (QED) is 0.274. The minimum atomic E-state index is -1.93. The van der Waals surface area contributed by atoms with Gasteiger partial charge in [0.15, 0.2) is 0 Å². The first-order chi connectivity index (χ1) is 5.04. The van der Waals surface area contributed by atoms with E-state index in [4.69, 9.17) is 5.11 Å². The van der Waals surface area contributed by atoms with E-state index in [0.717, 1.165) is 0 Å². The lowest BCUT2D eigenvalue weighted by atomic mass is 10.3. The first-order valence-electron chi connectivity index (χ1n) is 2.58. The lowest BCUT2D eigenvalue weighted by Crippen LogP contribution is -2.34. The standard InChI is InChI=1S/C4H2N2O5/c7-2-1(3(8)9)6(11)4(10)5-2/h1H,(H-,5,7,8,9,10)/p+1. The van der Waals surface area contributed by atoms with E-state index in [1.54, 1.807) is 5.32 Å². The van der Waals surface area contributed by atoms with Crippen LogP contribution in [0.5, 0.6) is 0 Å². The molecule has 0 saturated carbocycles. The highest BCUT2D eigenvalue weighted by atomic mass is 16.4. The maximum absolute atomic E-state index is 10.5. The molecule has 1 saturated heterocycles. The summed E-state index contributed by atoms with van der Waals surface area (Å²) in [4.78, 5) is 41.4. The number of hydrogen-bond donors (Lipinski definition) is 2. The number of carboxylic acid groups (broad SMARTS) is 1. The van der Waals surface area contributed by atoms with Crippen LogP contribution < -0.4 is 5.32 Å². The molecular weight excluding hydrogens is 156 g/mol. The number of carboxylic acids is 1. The summed E-state index contributed by atoms with van der Waals surface area (Å²) in [5.74, 6) is -2.74. The van der Waals surface area contributed by atoms with E-state index in [1.165, 1.54) is 0 Å². The third-order valence-electron chi connectivity index (χ3n) is 1.15. The molecule has 1 heterocycles. The van der Waals surface area contributed by atoms with Crippen molar-refractivity contribution >= 4 is 17.9 Å². The Hall–Kier alpha value is -1.79. The Balaban J connectivity index is 2.98. The molecule has 7 heteroatoms. The van der Waals surface area contributed by atoms with Crippen molar-refractivity contribution in [1.29, 1.82) is 0 Å². The van der Waals surface area contributed by atoms with Crippen LogP contribution in [0, 0.1) is 4.91 Å². The number of imide groups is 1. The number of urea groups is 1. The number of nitrogens with one attached hydrogen (secondary N) is 1. The van der Waals surface area contributed by atoms with Crippen molar-refractivity contribution in [3.05, 3.63) is 4.91 Å². The van der Waals surface area contributed by atoms with Gasteiger partial charge in [0, 0.05) is 4.76 Å². The Bertz CT molecular complexity index is 270. The van der Waals surface area contributed by atoms with Crippen molar-refractivity contribution in [2.24, 2.45) is 0 Å². The number of carbonyl (C=O) groups is 3. The molecule has 3 amide bonds. The van der Waals surface area contributed by atoms with Crippen LogP contribution in [0.15, 0.2) is 0 Å². The van der Waals surface area contributed by atoms with Crippen LogP contribution in [-0.2, 0) is 9.59 Å². The summed E-state index contributed by atoms with van der Waals surface area (Å²) >= 11 is 0. The summed E-state index contributed by atoms with van der Waals surface area (Å²) in [6, 6.07) is -3.16. The summed E-state index contributed by atoms with van der Waals surface area (Å²) in [5, 5.41) is 9.77. The van der Waals surface area contributed by atoms with Gasteiger partial charge in [0.25, 0.3) is 0 Å². The van der Waals surface area contributed by atoms with Gasteiger partial charge in [-0.05, 0) is 0 Å². The minimum absolute atomic E-state index is 0.412. The van der Waals surface area contributed by atoms with Crippen LogP contribution in [0.1, 0.15) is 0 Å². The highest BCUT2D eigenvalue weighted by Gasteiger charge is 2.52. The Kier molecular flexibility index (Phi) is 1.41. The summed E-state index contributed by atoms with van der Waals surface area (Å²) in [6.45, 7) is 0. The average molecular weight is 159 g/mol. The van der Waals surface area contributed by atoms with Crippen molar-refractivity contribution < 1.29 is 24.3 Å². The normalized spacial score (nSPS) is 23.6. The molecule has 1 unspecified atom stereocenters. The van der Waals surface area contributed by atoms with Gasteiger partial charge in [-0.25, -0.2) is 9.59 Å². The lowest BCUT2D eigenvalue weighted by molar-refractivity contribution is -0.455. The number of aliphatic carboxylic acids is 1. The number of nitroso groups, excluding NO2 is 1. The van der Waals surface area contributed by atoms with Gasteiger partial charge >= 0.3 is 23.9 Å². The van der Waals surface area contributed by atoms with E-state index >= 15 is 0 Å². The second kappa shape index (κ2) is 2.11. The predicted octanol–water partition coefficient (Wildman–Crippen LogP) is -1.53. The second-order valence-electron chi connectivity index (χ2n) is 1.86. The molecule has 0 bridgehead atoms. The van der Waals surface area contributed by atoms with E-state index in [-0.39, 0.29) is 0 Å². The summed E-state index contributed by atoms with van der Waals surface area (Å²) in [6.07, 6.45) is 0. The third kappa shape index (κ3) is 0.955. The van der Waals surface area contributed by atoms with Crippen LogP contribution >= 0.6 is 0 Å². The maximum atomic E-state index is 10.5. The van der Waals surface area contributed by atoms with E-state index in [9.17, 15) is 19.3 Å². The van der Waals surface area contributed by atoms with Crippen LogP contribution in [0.4, 0.5) is 4.79 Å². The zero-order valence-corrected chi connectivity index (χ0v) is 5.10. The fourth-order valence-electron chi connectivity index (χ4n) is 0.665. The van der Waals surface area contributed by atoms with Crippen LogP contribution in [0.25, 0.3) is 0 Å². The smallest absolute Gasteiger partial charge is 0.478 e. The Labute approximate surface area is 59.6 Å². The molecule has 7 nitrogen and oxygen atoms in total. The third-order valence-corrected chi connectivity index (χ3v) is 1.15. The summed E-state index contributed by atoms with van der Waals surface area (Å²) in [7, 11) is 0. The fourth-order valence-corrected chi connectivity index (χ4v) is 0.665. The molecule has 1 atom stereocenters. The number of rotatable bonds is 1. The summed E-state index contributed by atoms with van der Waals surface area (Å²) in [5.41, 5.74) is 0. The van der Waals surface area contributed by atoms with Gasteiger partial charge in [-0.15, -0.1) is 0 Å². The van der Waals surface area contributed by atoms with E-state index in [2.05, 4.69) is 0 Å². The Morgan fingerprint density at radius 1 is 1.55 bits per heavy atom. The van der Waals surface area contributed by atoms with Gasteiger partial charge in [0.05, 0.1) is 0 Å². The molecule has 0 spiro atoms. The first kappa shape index (κ1) is 7.32. The Morgan fingerprint density at radius 3 is 2.27 bits per heavy atom. The van der Waals surface area contributed by atoms with Gasteiger partial charge in [0.1, 0.15) is 0 Å². The van der Waals surface area contributed by atoms with Crippen molar-refractivity contribution in [3.63, 3.8) is 0 Å². The van der Waals surface area contributed by atoms with Gasteiger partial charge in [-0.1, -0.05) is 4.91 Å². The Morgan fingerprint density at radius 2 is 2.09 bits per heavy atom. The molecule has 1 rings (SSSR count). The van der Waals surface area contributed by atoms with Crippen molar-refractivity contribution in [1.82, 2.24) is 5.32 Å². The monoisotopic (exact) mass is 159 g/mol. The second-order valence-corrected chi connectivity index (χ2v) is 1.86. The predicted molar refractivity (Wildman–Crippen MR) is 28.6 cm³/mol. The maximum Gasteiger partial charge on any atom is 0.538 e. The minimum Gasteiger partial charge on any atom is -0.478 e. The highest BCUT2D eigenvalue weighted by molar-refractivity contribution is 6.09. The average Bonchev–Trinajstić information content (AvgIpc) is 2.07. The molecule has 11 heavy (non-hydrogen) atoms. The molecule has 58 valence electrons. The van der Waals surface area contributed by atoms with Crippen LogP contribution in [0.3, 0.4) is 0 Å². The molecular formula is C4H3N2O5+. The molecule has 0 aromatic carbocycles. The summed E-state index contributed by atoms with van der Waals surface area (Å²) < 4.78 is -0.412. The largest absolute Gasteiger partial charge is 0.538 e. The molecule has 1 aliphatic heterocycles. The highest BCUT2D eigenvalue weighted by Crippen LogP contribution is 2.00. The molecule has 2 N–H and O–H groups in total. The number of amides is 3. The SMILES string of the molecule is O=C(O)C1C(=O)NC(=O)[N+]1=O. The van der Waals surface area contributed by atoms with E-state index in [1.807, 2.05) is 0 Å². The van der Waals surface area contributed by atoms with E-state index < -0.39 is 28.7 Å². The molecule has 0 aliphatic carbocycles. The lowest BCUT2D eigenvalue weighted by Gasteiger charge is -1.87. The van der Waals surface area contributed by atoms with Crippen LogP contribution in [-0.4, -0.2) is 33.8 Å². The van der Waals surface area contributed by atoms with Gasteiger partial charge in [-0.2, -0.15) is 10.1 Å². The molecule has 0 aromatic rings. The number of carbonyl (C=O) groups excluding carboxylic acids is 2. The van der Waals surface area contributed by atoms with Crippen LogP contribution in [0.2, 0.25) is 0 Å². The number of nitrogens with zero attached hydrogens (tertiary/aromatic N) is 1. The zero-order valence-electron chi connectivity index (χ0n) is 5.10. The van der Waals surface area contributed by atoms with Crippen molar-refractivity contribution in [3.8, 4) is 0 Å². The van der Waals surface area contributed by atoms with Crippen molar-refractivity contribution in [2.75, 3.05) is 0 Å². The zero-order chi connectivity index (χ0) is 8.59. The van der Waals surface area contributed by atoms with Gasteiger partial charge in [0.2, 0.25) is 0 Å². The number of hydrogen-bond acceptors (Lipinski definition) is 4. The topological polar surface area (TPSA) is 104 Å². The molecule has 1 aliphatic rings. The molecule has 0 aromatic heterocycles.